The summed E-state index contributed by atoms with van der Waals surface area (Å²) in [5, 5.41) is 0. The summed E-state index contributed by atoms with van der Waals surface area (Å²) in [6.45, 7) is 0. The topological polar surface area (TPSA) is 26.0 Å². The van der Waals surface area contributed by atoms with Crippen LogP contribution in [0, 0.1) is 6.04 Å². The smallest absolute Gasteiger partial charge is 0.0581 e. The summed E-state index contributed by atoms with van der Waals surface area (Å²) in [6, 6.07) is 1.21. The molecular formula is C6H12N-. The highest BCUT2D eigenvalue weighted by Gasteiger charge is 1.94. The summed E-state index contributed by atoms with van der Waals surface area (Å²) < 4.78 is 0. The van der Waals surface area contributed by atoms with E-state index in [2.05, 4.69) is 0 Å². The first-order chi connectivity index (χ1) is 3.39. The Kier molecular flexibility index (Phi) is 1.69. The number of hydrogen-bond acceptors (Lipinski definition) is 1. The Labute approximate surface area is 44.9 Å². The maximum Gasteiger partial charge on any atom is -0.0581 e. The molecule has 0 bridgehead atoms. The van der Waals surface area contributed by atoms with Crippen molar-refractivity contribution in [2.24, 2.45) is 5.73 Å². The summed E-state index contributed by atoms with van der Waals surface area (Å²) in [7, 11) is 0. The average molecular weight is 98.2 g/mol. The van der Waals surface area contributed by atoms with Crippen molar-refractivity contribution in [3.8, 4) is 0 Å². The largest absolute Gasteiger partial charge is 0.480 e. The van der Waals surface area contributed by atoms with Crippen molar-refractivity contribution in [2.45, 2.75) is 32.1 Å². The molecule has 0 saturated heterocycles. The van der Waals surface area contributed by atoms with Gasteiger partial charge in [-0.05, 0) is 0 Å². The molecule has 0 aromatic carbocycles. The van der Waals surface area contributed by atoms with Gasteiger partial charge in [-0.2, -0.15) is 12.8 Å². The second kappa shape index (κ2) is 2.31. The van der Waals surface area contributed by atoms with Crippen molar-refractivity contribution >= 4 is 0 Å². The predicted octanol–water partition coefficient (Wildman–Crippen LogP) is 1.44. The second-order valence-corrected chi connectivity index (χ2v) is 2.22. The lowest BCUT2D eigenvalue weighted by molar-refractivity contribution is 0.529. The van der Waals surface area contributed by atoms with Crippen LogP contribution in [0.3, 0.4) is 0 Å². The fourth-order valence-electron chi connectivity index (χ4n) is 1.01. The standard InChI is InChI=1S/C6H12N/c7-6-4-2-1-3-5-6/h1-5,7H2/q-1. The second-order valence-electron chi connectivity index (χ2n) is 2.22. The predicted molar refractivity (Wildman–Crippen MR) is 30.5 cm³/mol. The summed E-state index contributed by atoms with van der Waals surface area (Å²) in [4.78, 5) is 0. The summed E-state index contributed by atoms with van der Waals surface area (Å²) >= 11 is 0. The molecule has 1 aliphatic carbocycles. The Balaban J connectivity index is 2.12. The lowest BCUT2D eigenvalue weighted by Crippen LogP contribution is -2.12. The molecule has 1 aliphatic rings. The lowest BCUT2D eigenvalue weighted by atomic mass is 9.97. The van der Waals surface area contributed by atoms with Gasteiger partial charge in [-0.15, -0.1) is 0 Å². The molecule has 0 aromatic rings. The van der Waals surface area contributed by atoms with Crippen molar-refractivity contribution in [2.75, 3.05) is 0 Å². The fourth-order valence-corrected chi connectivity index (χ4v) is 1.01. The Hall–Kier alpha value is -0.0400. The van der Waals surface area contributed by atoms with Crippen molar-refractivity contribution in [1.82, 2.24) is 0 Å². The van der Waals surface area contributed by atoms with Crippen LogP contribution in [0.2, 0.25) is 0 Å². The Bertz CT molecular complexity index is 46.1. The van der Waals surface area contributed by atoms with E-state index in [9.17, 15) is 0 Å². The van der Waals surface area contributed by atoms with E-state index in [1.54, 1.807) is 0 Å². The monoisotopic (exact) mass is 98.1 g/mol. The molecule has 0 heterocycles. The van der Waals surface area contributed by atoms with Gasteiger partial charge in [-0.25, -0.2) is 0 Å². The zero-order valence-electron chi connectivity index (χ0n) is 4.61. The van der Waals surface area contributed by atoms with E-state index < -0.39 is 0 Å². The number of rotatable bonds is 0. The first-order valence-corrected chi connectivity index (χ1v) is 3.00. The molecule has 0 aliphatic heterocycles. The van der Waals surface area contributed by atoms with Gasteiger partial charge in [0, 0.05) is 0 Å². The van der Waals surface area contributed by atoms with E-state index in [4.69, 9.17) is 5.73 Å². The quantitative estimate of drug-likeness (QED) is 0.456. The summed E-state index contributed by atoms with van der Waals surface area (Å²) in [5.41, 5.74) is 5.55. The molecule has 0 unspecified atom stereocenters. The van der Waals surface area contributed by atoms with E-state index >= 15 is 0 Å². The van der Waals surface area contributed by atoms with Crippen molar-refractivity contribution in [1.29, 1.82) is 0 Å². The van der Waals surface area contributed by atoms with E-state index in [1.807, 2.05) is 0 Å². The molecule has 0 spiro atoms. The third-order valence-corrected chi connectivity index (χ3v) is 1.50. The minimum Gasteiger partial charge on any atom is -0.480 e. The van der Waals surface area contributed by atoms with E-state index in [-0.39, 0.29) is 0 Å². The van der Waals surface area contributed by atoms with Gasteiger partial charge in [0.25, 0.3) is 0 Å². The van der Waals surface area contributed by atoms with E-state index in [0.717, 1.165) is 0 Å². The van der Waals surface area contributed by atoms with Gasteiger partial charge in [-0.1, -0.05) is 19.3 Å². The molecule has 1 rings (SSSR count). The highest BCUT2D eigenvalue weighted by molar-refractivity contribution is 4.84. The molecule has 1 saturated carbocycles. The number of hydrogen-bond donors (Lipinski definition) is 1. The fraction of sp³-hybridized carbons (Fsp3) is 0.833. The lowest BCUT2D eigenvalue weighted by Gasteiger charge is -2.28. The van der Waals surface area contributed by atoms with Crippen LogP contribution in [0.4, 0.5) is 0 Å². The van der Waals surface area contributed by atoms with Gasteiger partial charge in [-0.3, -0.25) is 6.04 Å². The molecule has 0 radical (unpaired) electrons. The third kappa shape index (κ3) is 1.48. The minimum absolute atomic E-state index is 1.18. The van der Waals surface area contributed by atoms with Gasteiger partial charge < -0.3 is 5.73 Å². The van der Waals surface area contributed by atoms with Crippen molar-refractivity contribution in [3.63, 3.8) is 0 Å². The highest BCUT2D eigenvalue weighted by Crippen LogP contribution is 2.19. The molecular weight excluding hydrogens is 86.1 g/mol. The van der Waals surface area contributed by atoms with Crippen LogP contribution in [0.25, 0.3) is 0 Å². The van der Waals surface area contributed by atoms with E-state index in [0.29, 0.717) is 0 Å². The van der Waals surface area contributed by atoms with E-state index in [1.165, 1.54) is 38.1 Å². The molecule has 2 N–H and O–H groups in total. The van der Waals surface area contributed by atoms with Gasteiger partial charge in [0.05, 0.1) is 0 Å². The molecule has 0 aromatic heterocycles. The summed E-state index contributed by atoms with van der Waals surface area (Å²) in [6.07, 6.45) is 6.40. The molecule has 1 heteroatoms. The SMILES string of the molecule is N[C-]1CCCCC1. The van der Waals surface area contributed by atoms with Gasteiger partial charge in [0.2, 0.25) is 0 Å². The maximum atomic E-state index is 5.55. The first kappa shape index (κ1) is 5.10. The normalized spacial score (nSPS) is 25.3. The Morgan fingerprint density at radius 3 is 1.86 bits per heavy atom. The highest BCUT2D eigenvalue weighted by atomic mass is 14.6. The van der Waals surface area contributed by atoms with Crippen molar-refractivity contribution < 1.29 is 0 Å². The van der Waals surface area contributed by atoms with Crippen molar-refractivity contribution in [3.05, 3.63) is 6.04 Å². The summed E-state index contributed by atoms with van der Waals surface area (Å²) in [5.74, 6) is 0. The van der Waals surface area contributed by atoms with Crippen LogP contribution in [-0.4, -0.2) is 0 Å². The van der Waals surface area contributed by atoms with Gasteiger partial charge in [0.15, 0.2) is 0 Å². The maximum absolute atomic E-state index is 5.55. The van der Waals surface area contributed by atoms with Gasteiger partial charge in [0.1, 0.15) is 0 Å². The van der Waals surface area contributed by atoms with Crippen LogP contribution in [0.5, 0.6) is 0 Å². The zero-order valence-corrected chi connectivity index (χ0v) is 4.61. The van der Waals surface area contributed by atoms with Crippen LogP contribution in [0.15, 0.2) is 0 Å². The Morgan fingerprint density at radius 1 is 1.00 bits per heavy atom. The average Bonchev–Trinajstić information content (AvgIpc) is 1.69. The first-order valence-electron chi connectivity index (χ1n) is 3.00. The van der Waals surface area contributed by atoms with Crippen LogP contribution < -0.4 is 5.73 Å². The molecule has 1 nitrogen and oxygen atoms in total. The minimum atomic E-state index is 1.18. The number of nitrogens with two attached hydrogens (primary N) is 1. The van der Waals surface area contributed by atoms with Crippen LogP contribution in [-0.2, 0) is 0 Å². The molecule has 1 fully saturated rings. The molecule has 7 heavy (non-hydrogen) atoms. The molecule has 0 atom stereocenters. The van der Waals surface area contributed by atoms with Crippen LogP contribution in [0.1, 0.15) is 32.1 Å². The van der Waals surface area contributed by atoms with Crippen LogP contribution >= 0.6 is 0 Å². The molecule has 0 amide bonds. The third-order valence-electron chi connectivity index (χ3n) is 1.50. The zero-order chi connectivity index (χ0) is 5.11. The van der Waals surface area contributed by atoms with Gasteiger partial charge >= 0.3 is 0 Å². The molecule has 42 valence electrons. The Morgan fingerprint density at radius 2 is 1.57 bits per heavy atom.